The maximum absolute atomic E-state index is 14.2. The number of fused-ring (bicyclic) bond motifs is 1. The average Bonchev–Trinajstić information content (AvgIpc) is 3.16. The molecule has 1 heterocycles. The lowest BCUT2D eigenvalue weighted by Gasteiger charge is -2.20. The van der Waals surface area contributed by atoms with Crippen LogP contribution in [0.3, 0.4) is 0 Å². The largest absolute Gasteiger partial charge is 0.279 e. The molecule has 0 aliphatic rings. The van der Waals surface area contributed by atoms with Crippen molar-refractivity contribution in [1.29, 1.82) is 0 Å². The molecule has 7 heteroatoms. The van der Waals surface area contributed by atoms with E-state index in [0.29, 0.717) is 15.4 Å². The fourth-order valence-electron chi connectivity index (χ4n) is 2.97. The number of nitrogens with zero attached hydrogens (tertiary/aromatic N) is 2. The molecule has 0 bridgehead atoms. The number of rotatable bonds is 5. The summed E-state index contributed by atoms with van der Waals surface area (Å²) in [5.74, 6) is -1.65. The van der Waals surface area contributed by atoms with Crippen LogP contribution < -0.4 is 4.90 Å². The van der Waals surface area contributed by atoms with Crippen LogP contribution in [0.15, 0.2) is 71.6 Å². The fraction of sp³-hybridized carbons (Fsp3) is 0.0909. The minimum atomic E-state index is -0.737. The van der Waals surface area contributed by atoms with Crippen molar-refractivity contribution in [3.63, 3.8) is 0 Å². The van der Waals surface area contributed by atoms with Gasteiger partial charge < -0.3 is 0 Å². The molecular formula is C22H16F2N2OS2. The molecular weight excluding hydrogens is 410 g/mol. The highest BCUT2D eigenvalue weighted by Gasteiger charge is 2.23. The first-order chi connectivity index (χ1) is 14.0. The lowest BCUT2D eigenvalue weighted by atomic mass is 10.1. The highest BCUT2D eigenvalue weighted by atomic mass is 32.2. The Balaban J connectivity index is 1.79. The maximum Gasteiger partial charge on any atom is 0.260 e. The van der Waals surface area contributed by atoms with Crippen LogP contribution in [-0.4, -0.2) is 17.1 Å². The van der Waals surface area contributed by atoms with Gasteiger partial charge in [-0.2, -0.15) is 0 Å². The van der Waals surface area contributed by atoms with E-state index in [4.69, 9.17) is 0 Å². The molecule has 0 unspecified atom stereocenters. The Morgan fingerprint density at radius 2 is 1.86 bits per heavy atom. The summed E-state index contributed by atoms with van der Waals surface area (Å²) in [4.78, 5) is 20.2. The van der Waals surface area contributed by atoms with Crippen molar-refractivity contribution in [2.24, 2.45) is 0 Å². The van der Waals surface area contributed by atoms with Gasteiger partial charge >= 0.3 is 0 Å². The fourth-order valence-corrected chi connectivity index (χ4v) is 4.43. The number of thiazole rings is 1. The molecule has 0 fully saturated rings. The number of halogens is 2. The number of benzene rings is 3. The van der Waals surface area contributed by atoms with E-state index < -0.39 is 11.6 Å². The normalized spacial score (nSPS) is 11.0. The van der Waals surface area contributed by atoms with E-state index in [1.54, 1.807) is 17.8 Å². The molecule has 0 aliphatic heterocycles. The summed E-state index contributed by atoms with van der Waals surface area (Å²) >= 11 is 2.64. The first-order valence-electron chi connectivity index (χ1n) is 8.80. The van der Waals surface area contributed by atoms with Crippen LogP contribution in [0.1, 0.15) is 15.9 Å². The highest BCUT2D eigenvalue weighted by molar-refractivity contribution is 7.98. The first-order valence-corrected chi connectivity index (χ1v) is 10.8. The Hall–Kier alpha value is -2.77. The number of amides is 1. The molecule has 0 N–H and O–H groups in total. The molecule has 1 amide bonds. The monoisotopic (exact) mass is 426 g/mol. The van der Waals surface area contributed by atoms with Gasteiger partial charge in [0.05, 0.1) is 11.2 Å². The molecule has 0 spiro atoms. The Bertz CT molecular complexity index is 1180. The van der Waals surface area contributed by atoms with Crippen LogP contribution >= 0.6 is 23.1 Å². The van der Waals surface area contributed by atoms with Crippen LogP contribution in [0.4, 0.5) is 13.9 Å². The number of aromatic nitrogens is 1. The predicted molar refractivity (Wildman–Crippen MR) is 115 cm³/mol. The average molecular weight is 427 g/mol. The number of carbonyl (C=O) groups is 1. The molecule has 0 aliphatic carbocycles. The van der Waals surface area contributed by atoms with Gasteiger partial charge in [0, 0.05) is 16.5 Å². The van der Waals surface area contributed by atoms with E-state index in [0.717, 1.165) is 27.9 Å². The lowest BCUT2D eigenvalue weighted by Crippen LogP contribution is -2.30. The van der Waals surface area contributed by atoms with Crippen molar-refractivity contribution in [1.82, 2.24) is 4.98 Å². The summed E-state index contributed by atoms with van der Waals surface area (Å²) < 4.78 is 28.2. The number of thioether (sulfide) groups is 1. The van der Waals surface area contributed by atoms with E-state index in [1.165, 1.54) is 11.0 Å². The molecule has 0 atom stereocenters. The number of anilines is 1. The smallest absolute Gasteiger partial charge is 0.260 e. The Labute approximate surface area is 175 Å². The Kier molecular flexibility index (Phi) is 5.60. The molecule has 4 aromatic rings. The van der Waals surface area contributed by atoms with Crippen molar-refractivity contribution in [3.8, 4) is 0 Å². The summed E-state index contributed by atoms with van der Waals surface area (Å²) in [6.07, 6.45) is 1.94. The summed E-state index contributed by atoms with van der Waals surface area (Å²) in [5, 5.41) is 0.327. The number of hydrogen-bond acceptors (Lipinski definition) is 4. The topological polar surface area (TPSA) is 33.2 Å². The molecule has 0 saturated heterocycles. The van der Waals surface area contributed by atoms with E-state index in [9.17, 15) is 13.6 Å². The van der Waals surface area contributed by atoms with Gasteiger partial charge in [0.25, 0.3) is 5.91 Å². The van der Waals surface area contributed by atoms with Gasteiger partial charge in [0.15, 0.2) is 10.9 Å². The minimum Gasteiger partial charge on any atom is -0.279 e. The van der Waals surface area contributed by atoms with Crippen molar-refractivity contribution in [2.45, 2.75) is 11.4 Å². The highest BCUT2D eigenvalue weighted by Crippen LogP contribution is 2.33. The van der Waals surface area contributed by atoms with E-state index in [1.807, 2.05) is 54.8 Å². The third kappa shape index (κ3) is 4.16. The molecule has 3 aromatic carbocycles. The quantitative estimate of drug-likeness (QED) is 0.359. The first kappa shape index (κ1) is 19.5. The van der Waals surface area contributed by atoms with Crippen LogP contribution in [0, 0.1) is 11.6 Å². The molecule has 0 saturated carbocycles. The van der Waals surface area contributed by atoms with Gasteiger partial charge in [-0.15, -0.1) is 11.8 Å². The molecule has 1 aromatic heterocycles. The maximum atomic E-state index is 14.2. The zero-order valence-electron chi connectivity index (χ0n) is 15.4. The van der Waals surface area contributed by atoms with E-state index >= 15 is 0 Å². The van der Waals surface area contributed by atoms with Crippen LogP contribution in [0.5, 0.6) is 0 Å². The van der Waals surface area contributed by atoms with Gasteiger partial charge in [0.1, 0.15) is 11.3 Å². The predicted octanol–water partition coefficient (Wildman–Crippen LogP) is 6.14. The lowest BCUT2D eigenvalue weighted by molar-refractivity contribution is 0.0985. The van der Waals surface area contributed by atoms with Gasteiger partial charge in [0.2, 0.25) is 0 Å². The van der Waals surface area contributed by atoms with Crippen LogP contribution in [0.25, 0.3) is 10.2 Å². The Morgan fingerprint density at radius 1 is 1.07 bits per heavy atom. The summed E-state index contributed by atoms with van der Waals surface area (Å²) in [6, 6.07) is 18.8. The van der Waals surface area contributed by atoms with Crippen molar-refractivity contribution in [3.05, 3.63) is 89.5 Å². The van der Waals surface area contributed by atoms with Gasteiger partial charge in [-0.1, -0.05) is 47.7 Å². The molecule has 4 rings (SSSR count). The molecule has 0 radical (unpaired) electrons. The van der Waals surface area contributed by atoms with Gasteiger partial charge in [-0.05, 0) is 36.1 Å². The summed E-state index contributed by atoms with van der Waals surface area (Å²) in [6.45, 7) is 0.271. The van der Waals surface area contributed by atoms with Crippen molar-refractivity contribution < 1.29 is 13.6 Å². The summed E-state index contributed by atoms with van der Waals surface area (Å²) in [7, 11) is 0. The zero-order chi connectivity index (χ0) is 20.4. The second-order valence-corrected chi connectivity index (χ2v) is 8.23. The number of hydrogen-bond donors (Lipinski definition) is 0. The zero-order valence-corrected chi connectivity index (χ0v) is 17.1. The van der Waals surface area contributed by atoms with E-state index in [-0.39, 0.29) is 18.0 Å². The molecule has 3 nitrogen and oxygen atoms in total. The van der Waals surface area contributed by atoms with Crippen LogP contribution in [-0.2, 0) is 6.54 Å². The third-order valence-corrected chi connectivity index (χ3v) is 6.13. The molecule has 146 valence electrons. The van der Waals surface area contributed by atoms with Crippen molar-refractivity contribution in [2.75, 3.05) is 11.2 Å². The Morgan fingerprint density at radius 3 is 2.62 bits per heavy atom. The third-order valence-electron chi connectivity index (χ3n) is 4.38. The van der Waals surface area contributed by atoms with E-state index in [2.05, 4.69) is 4.98 Å². The second-order valence-electron chi connectivity index (χ2n) is 6.34. The summed E-state index contributed by atoms with van der Waals surface area (Å²) in [5.41, 5.74) is 1.49. The minimum absolute atomic E-state index is 0.0649. The number of carbonyl (C=O) groups excluding carboxylic acids is 1. The SMILES string of the molecule is CSc1cccc(C(=O)N(Cc2ccccc2)c2nc3c(F)cc(F)cc3s2)c1. The van der Waals surface area contributed by atoms with Crippen LogP contribution in [0.2, 0.25) is 0 Å². The second kappa shape index (κ2) is 8.31. The van der Waals surface area contributed by atoms with Gasteiger partial charge in [-0.3, -0.25) is 9.69 Å². The van der Waals surface area contributed by atoms with Crippen molar-refractivity contribution >= 4 is 44.4 Å². The standard InChI is InChI=1S/C22H16F2N2OS2/c1-28-17-9-5-8-15(10-17)21(27)26(13-14-6-3-2-4-7-14)22-25-20-18(24)11-16(23)12-19(20)29-22/h2-12H,13H2,1H3. The molecule has 29 heavy (non-hydrogen) atoms. The van der Waals surface area contributed by atoms with Gasteiger partial charge in [-0.25, -0.2) is 13.8 Å².